The zero-order chi connectivity index (χ0) is 9.84. The van der Waals surface area contributed by atoms with E-state index in [2.05, 4.69) is 0 Å². The number of nitrogens with two attached hydrogens (primary N) is 1. The van der Waals surface area contributed by atoms with Gasteiger partial charge in [-0.15, -0.1) is 0 Å². The molecule has 0 unspecified atom stereocenters. The first-order valence-electron chi connectivity index (χ1n) is 3.27. The molecule has 0 saturated heterocycles. The van der Waals surface area contributed by atoms with E-state index in [1.807, 2.05) is 4.72 Å². The summed E-state index contributed by atoms with van der Waals surface area (Å²) in [6.07, 6.45) is 0. The summed E-state index contributed by atoms with van der Waals surface area (Å²) in [4.78, 5) is 9.96. The van der Waals surface area contributed by atoms with Gasteiger partial charge in [0.05, 0.1) is 4.90 Å². The van der Waals surface area contributed by atoms with Crippen LogP contribution in [0.25, 0.3) is 0 Å². The highest BCUT2D eigenvalue weighted by Gasteiger charge is 2.09. The quantitative estimate of drug-likeness (QED) is 0.719. The predicted octanol–water partition coefficient (Wildman–Crippen LogP) is 1.64. The normalized spacial score (nSPS) is 9.69. The second kappa shape index (κ2) is 4.08. The molecule has 70 valence electrons. The highest BCUT2D eigenvalue weighted by molar-refractivity contribution is 7.98. The molecule has 0 radical (unpaired) electrons. The summed E-state index contributed by atoms with van der Waals surface area (Å²) < 4.78 is 27.7. The van der Waals surface area contributed by atoms with Gasteiger partial charge in [0.15, 0.2) is 0 Å². The van der Waals surface area contributed by atoms with Crippen LogP contribution in [0.4, 0.5) is 13.6 Å². The Bertz CT molecular complexity index is 312. The fourth-order valence-electron chi connectivity index (χ4n) is 0.681. The van der Waals surface area contributed by atoms with Gasteiger partial charge >= 0.3 is 6.03 Å². The lowest BCUT2D eigenvalue weighted by Gasteiger charge is -2.02. The minimum Gasteiger partial charge on any atom is -0.351 e. The molecule has 0 saturated carbocycles. The second-order valence-corrected chi connectivity index (χ2v) is 2.94. The molecule has 13 heavy (non-hydrogen) atoms. The van der Waals surface area contributed by atoms with Crippen molar-refractivity contribution in [1.82, 2.24) is 4.72 Å². The van der Waals surface area contributed by atoms with Gasteiger partial charge in [0, 0.05) is 0 Å². The first-order chi connectivity index (χ1) is 6.11. The van der Waals surface area contributed by atoms with Crippen LogP contribution < -0.4 is 10.5 Å². The lowest BCUT2D eigenvalue weighted by Crippen LogP contribution is -2.23. The molecule has 1 rings (SSSR count). The minimum absolute atomic E-state index is 0.277. The summed E-state index contributed by atoms with van der Waals surface area (Å²) in [6.45, 7) is 0. The molecule has 0 fully saturated rings. The molecule has 0 aromatic heterocycles. The van der Waals surface area contributed by atoms with Gasteiger partial charge in [0.2, 0.25) is 0 Å². The molecule has 3 nitrogen and oxygen atoms in total. The lowest BCUT2D eigenvalue weighted by atomic mass is 10.3. The smallest absolute Gasteiger partial charge is 0.322 e. The Morgan fingerprint density at radius 1 is 1.38 bits per heavy atom. The van der Waals surface area contributed by atoms with Crippen molar-refractivity contribution in [3.8, 4) is 0 Å². The van der Waals surface area contributed by atoms with Gasteiger partial charge in [0.25, 0.3) is 0 Å². The Morgan fingerprint density at radius 3 is 2.38 bits per heavy atom. The van der Waals surface area contributed by atoms with Crippen molar-refractivity contribution in [3.63, 3.8) is 0 Å². The molecule has 0 aliphatic rings. The topological polar surface area (TPSA) is 55.1 Å². The van der Waals surface area contributed by atoms with Crippen molar-refractivity contribution in [1.29, 1.82) is 0 Å². The third kappa shape index (κ3) is 2.59. The maximum absolute atomic E-state index is 12.8. The highest BCUT2D eigenvalue weighted by atomic mass is 32.2. The zero-order valence-corrected chi connectivity index (χ0v) is 7.20. The van der Waals surface area contributed by atoms with Crippen LogP contribution in [0.5, 0.6) is 0 Å². The van der Waals surface area contributed by atoms with E-state index >= 15 is 0 Å². The number of urea groups is 1. The molecule has 2 amide bonds. The van der Waals surface area contributed by atoms with E-state index in [-0.39, 0.29) is 4.90 Å². The summed E-state index contributed by atoms with van der Waals surface area (Å²) in [7, 11) is 0. The predicted molar refractivity (Wildman–Crippen MR) is 44.9 cm³/mol. The first kappa shape index (κ1) is 9.79. The minimum atomic E-state index is -0.854. The van der Waals surface area contributed by atoms with E-state index < -0.39 is 17.7 Å². The van der Waals surface area contributed by atoms with Crippen molar-refractivity contribution in [2.75, 3.05) is 0 Å². The van der Waals surface area contributed by atoms with Gasteiger partial charge in [-0.25, -0.2) is 13.6 Å². The lowest BCUT2D eigenvalue weighted by molar-refractivity contribution is 0.254. The second-order valence-electron chi connectivity index (χ2n) is 2.12. The van der Waals surface area contributed by atoms with Gasteiger partial charge in [-0.1, -0.05) is 6.07 Å². The summed E-state index contributed by atoms with van der Waals surface area (Å²) in [6, 6.07) is 2.56. The average Bonchev–Trinajstić information content (AvgIpc) is 2.03. The largest absolute Gasteiger partial charge is 0.351 e. The number of carbonyl (C=O) groups excluding carboxylic acids is 1. The Morgan fingerprint density at radius 2 is 1.92 bits per heavy atom. The summed E-state index contributed by atoms with van der Waals surface area (Å²) in [5.74, 6) is -1.47. The van der Waals surface area contributed by atoms with Crippen LogP contribution in [0, 0.1) is 11.6 Å². The van der Waals surface area contributed by atoms with E-state index in [4.69, 9.17) is 5.73 Å². The summed E-state index contributed by atoms with van der Waals surface area (Å²) >= 11 is 0.507. The molecule has 0 spiro atoms. The number of hydrogen-bond donors (Lipinski definition) is 2. The molecule has 0 heterocycles. The summed E-state index contributed by atoms with van der Waals surface area (Å²) in [5.41, 5.74) is 4.72. The SMILES string of the molecule is NC(=O)NSc1c(F)cccc1F. The molecule has 3 N–H and O–H groups in total. The van der Waals surface area contributed by atoms with E-state index in [1.165, 1.54) is 6.07 Å². The van der Waals surface area contributed by atoms with E-state index in [1.54, 1.807) is 0 Å². The van der Waals surface area contributed by atoms with Crippen LogP contribution in [-0.2, 0) is 0 Å². The van der Waals surface area contributed by atoms with Crippen LogP contribution in [0.15, 0.2) is 23.1 Å². The standard InChI is InChI=1S/C7H6F2N2OS/c8-4-2-1-3-5(9)6(4)13-11-7(10)12/h1-3H,(H3,10,11,12). The number of halogens is 2. The molecule has 1 aromatic rings. The van der Waals surface area contributed by atoms with E-state index in [9.17, 15) is 13.6 Å². The van der Waals surface area contributed by atoms with Crippen molar-refractivity contribution in [3.05, 3.63) is 29.8 Å². The van der Waals surface area contributed by atoms with Crippen molar-refractivity contribution < 1.29 is 13.6 Å². The number of carbonyl (C=O) groups is 1. The van der Waals surface area contributed by atoms with E-state index in [0.29, 0.717) is 11.9 Å². The fourth-order valence-corrected chi connectivity index (χ4v) is 1.22. The van der Waals surface area contributed by atoms with Gasteiger partial charge < -0.3 is 5.73 Å². The number of rotatable bonds is 2. The van der Waals surface area contributed by atoms with Crippen LogP contribution >= 0.6 is 11.9 Å². The average molecular weight is 204 g/mol. The highest BCUT2D eigenvalue weighted by Crippen LogP contribution is 2.21. The Balaban J connectivity index is 2.81. The van der Waals surface area contributed by atoms with Crippen molar-refractivity contribution in [2.45, 2.75) is 4.90 Å². The first-order valence-corrected chi connectivity index (χ1v) is 4.09. The Labute approximate surface area is 77.4 Å². The Hall–Kier alpha value is -1.30. The van der Waals surface area contributed by atoms with Crippen LogP contribution in [0.2, 0.25) is 0 Å². The fraction of sp³-hybridized carbons (Fsp3) is 0. The van der Waals surface area contributed by atoms with Gasteiger partial charge in [0.1, 0.15) is 11.6 Å². The maximum Gasteiger partial charge on any atom is 0.322 e. The van der Waals surface area contributed by atoms with Gasteiger partial charge in [-0.2, -0.15) is 0 Å². The van der Waals surface area contributed by atoms with Crippen molar-refractivity contribution >= 4 is 18.0 Å². The van der Waals surface area contributed by atoms with Crippen LogP contribution in [0.3, 0.4) is 0 Å². The monoisotopic (exact) mass is 204 g/mol. The van der Waals surface area contributed by atoms with Crippen LogP contribution in [0.1, 0.15) is 0 Å². The molecule has 0 atom stereocenters. The number of amides is 2. The summed E-state index contributed by atoms with van der Waals surface area (Å²) in [5, 5.41) is 0. The zero-order valence-electron chi connectivity index (χ0n) is 6.38. The number of benzene rings is 1. The van der Waals surface area contributed by atoms with E-state index in [0.717, 1.165) is 12.1 Å². The van der Waals surface area contributed by atoms with Gasteiger partial charge in [-0.3, -0.25) is 4.72 Å². The maximum atomic E-state index is 12.8. The molecule has 0 aliphatic carbocycles. The molecular weight excluding hydrogens is 198 g/mol. The molecule has 0 bridgehead atoms. The number of hydrogen-bond acceptors (Lipinski definition) is 2. The molecule has 6 heteroatoms. The third-order valence-electron chi connectivity index (χ3n) is 1.17. The third-order valence-corrected chi connectivity index (χ3v) is 2.07. The Kier molecular flexibility index (Phi) is 3.07. The molecule has 0 aliphatic heterocycles. The molecule has 1 aromatic carbocycles. The van der Waals surface area contributed by atoms with Gasteiger partial charge in [-0.05, 0) is 24.1 Å². The molecular formula is C7H6F2N2OS. The number of nitrogens with one attached hydrogen (secondary N) is 1. The van der Waals surface area contributed by atoms with Crippen LogP contribution in [-0.4, -0.2) is 6.03 Å². The van der Waals surface area contributed by atoms with Crippen molar-refractivity contribution in [2.24, 2.45) is 5.73 Å². The number of primary amides is 1.